The third-order valence-electron chi connectivity index (χ3n) is 4.29. The summed E-state index contributed by atoms with van der Waals surface area (Å²) in [6.07, 6.45) is -1.92. The Bertz CT molecular complexity index is 1350. The van der Waals surface area contributed by atoms with E-state index in [1.807, 2.05) is 0 Å². The quantitative estimate of drug-likeness (QED) is 0.483. The van der Waals surface area contributed by atoms with Crippen LogP contribution in [0.15, 0.2) is 65.7 Å². The summed E-state index contributed by atoms with van der Waals surface area (Å²) in [6, 6.07) is 11.2. The van der Waals surface area contributed by atoms with Crippen LogP contribution in [0, 0.1) is 0 Å². The molecule has 32 heavy (non-hydrogen) atoms. The second kappa shape index (κ2) is 8.35. The van der Waals surface area contributed by atoms with Gasteiger partial charge in [0.05, 0.1) is 16.3 Å². The van der Waals surface area contributed by atoms with E-state index >= 15 is 0 Å². The van der Waals surface area contributed by atoms with E-state index in [0.717, 1.165) is 21.2 Å². The molecule has 12 heteroatoms. The van der Waals surface area contributed by atoms with Crippen LogP contribution in [0.1, 0.15) is 5.56 Å². The number of alkyl halides is 3. The third-order valence-corrected chi connectivity index (χ3v) is 4.62. The average molecular weight is 464 g/mol. The molecule has 0 aliphatic carbocycles. The molecule has 164 valence electrons. The van der Waals surface area contributed by atoms with Crippen molar-refractivity contribution < 1.29 is 22.7 Å². The minimum Gasteiger partial charge on any atom is -0.436 e. The number of carbonyl (C=O) groups is 1. The van der Waals surface area contributed by atoms with Crippen LogP contribution in [0.2, 0.25) is 5.02 Å². The molecular formula is C20H13ClF3N5O3. The van der Waals surface area contributed by atoms with Crippen LogP contribution in [0.3, 0.4) is 0 Å². The van der Waals surface area contributed by atoms with E-state index in [-0.39, 0.29) is 22.2 Å². The number of hydrogen-bond acceptors (Lipinski definition) is 5. The summed E-state index contributed by atoms with van der Waals surface area (Å²) in [5.74, 6) is -0.293. The number of benzene rings is 2. The zero-order chi connectivity index (χ0) is 22.9. The summed E-state index contributed by atoms with van der Waals surface area (Å²) < 4.78 is 46.4. The molecule has 0 saturated heterocycles. The lowest BCUT2D eigenvalue weighted by atomic mass is 10.2. The molecule has 4 aromatic rings. The Kier molecular flexibility index (Phi) is 5.57. The lowest BCUT2D eigenvalue weighted by Gasteiger charge is -2.11. The molecule has 0 radical (unpaired) electrons. The number of hydrogen-bond donors (Lipinski definition) is 1. The number of aromatic nitrogens is 4. The Morgan fingerprint density at radius 1 is 1.16 bits per heavy atom. The number of nitrogens with zero attached hydrogens (tertiary/aromatic N) is 4. The molecule has 1 amide bonds. The SMILES string of the molecule is O=C(Cn1nc2c(Oc3ccccc3)nccn2c1=O)Nc1cc(C(F)(F)F)ccc1Cl. The highest BCUT2D eigenvalue weighted by atomic mass is 35.5. The van der Waals surface area contributed by atoms with Gasteiger partial charge in [-0.15, -0.1) is 5.10 Å². The second-order valence-corrected chi connectivity index (χ2v) is 6.93. The van der Waals surface area contributed by atoms with Crippen molar-refractivity contribution in [1.29, 1.82) is 0 Å². The van der Waals surface area contributed by atoms with Gasteiger partial charge < -0.3 is 10.1 Å². The van der Waals surface area contributed by atoms with Gasteiger partial charge in [-0.3, -0.25) is 4.79 Å². The van der Waals surface area contributed by atoms with Crippen molar-refractivity contribution in [3.8, 4) is 11.6 Å². The maximum Gasteiger partial charge on any atom is 0.416 e. The maximum atomic E-state index is 12.9. The molecule has 2 aromatic carbocycles. The standard InChI is InChI=1S/C20H13ClF3N5O3/c21-14-7-6-12(20(22,23)24)10-15(14)26-16(30)11-29-19(31)28-9-8-25-18(17(28)27-29)32-13-4-2-1-3-5-13/h1-10H,11H2,(H,26,30). The van der Waals surface area contributed by atoms with Crippen LogP contribution in [0.25, 0.3) is 5.65 Å². The lowest BCUT2D eigenvalue weighted by Crippen LogP contribution is -2.28. The van der Waals surface area contributed by atoms with Crippen molar-refractivity contribution in [3.05, 3.63) is 82.0 Å². The fourth-order valence-corrected chi connectivity index (χ4v) is 2.99. The van der Waals surface area contributed by atoms with Crippen molar-refractivity contribution in [3.63, 3.8) is 0 Å². The van der Waals surface area contributed by atoms with Crippen LogP contribution in [-0.2, 0) is 17.5 Å². The molecule has 0 aliphatic heterocycles. The normalized spacial score (nSPS) is 11.5. The van der Waals surface area contributed by atoms with Crippen LogP contribution in [-0.4, -0.2) is 25.1 Å². The van der Waals surface area contributed by atoms with Crippen LogP contribution >= 0.6 is 11.6 Å². The van der Waals surface area contributed by atoms with Crippen LogP contribution in [0.5, 0.6) is 11.6 Å². The lowest BCUT2D eigenvalue weighted by molar-refractivity contribution is -0.137. The van der Waals surface area contributed by atoms with Gasteiger partial charge >= 0.3 is 11.9 Å². The van der Waals surface area contributed by atoms with Crippen molar-refractivity contribution in [2.45, 2.75) is 12.7 Å². The highest BCUT2D eigenvalue weighted by molar-refractivity contribution is 6.33. The van der Waals surface area contributed by atoms with E-state index < -0.39 is 29.9 Å². The van der Waals surface area contributed by atoms with Gasteiger partial charge in [0.1, 0.15) is 12.3 Å². The first-order valence-electron chi connectivity index (χ1n) is 9.06. The molecule has 0 saturated carbocycles. The molecule has 0 bridgehead atoms. The Morgan fingerprint density at radius 2 is 1.91 bits per heavy atom. The average Bonchev–Trinajstić information content (AvgIpc) is 3.06. The molecular weight excluding hydrogens is 451 g/mol. The van der Waals surface area contributed by atoms with Crippen molar-refractivity contribution >= 4 is 28.8 Å². The molecule has 1 N–H and O–H groups in total. The summed E-state index contributed by atoms with van der Waals surface area (Å²) in [4.78, 5) is 29.1. The summed E-state index contributed by atoms with van der Waals surface area (Å²) in [6.45, 7) is -0.572. The number of nitrogens with one attached hydrogen (secondary N) is 1. The van der Waals surface area contributed by atoms with Gasteiger partial charge in [0.2, 0.25) is 11.6 Å². The summed E-state index contributed by atoms with van der Waals surface area (Å²) in [5.41, 5.74) is -1.81. The van der Waals surface area contributed by atoms with Gasteiger partial charge in [-0.05, 0) is 30.3 Å². The Balaban J connectivity index is 1.59. The maximum absolute atomic E-state index is 12.9. The Hall–Kier alpha value is -3.86. The second-order valence-electron chi connectivity index (χ2n) is 6.52. The number of anilines is 1. The molecule has 0 unspecified atom stereocenters. The van der Waals surface area contributed by atoms with Gasteiger partial charge in [0.15, 0.2) is 0 Å². The molecule has 0 spiro atoms. The number of carbonyl (C=O) groups excluding carboxylic acids is 1. The fraction of sp³-hybridized carbons (Fsp3) is 0.100. The van der Waals surface area contributed by atoms with Gasteiger partial charge in [0.25, 0.3) is 5.88 Å². The largest absolute Gasteiger partial charge is 0.436 e. The zero-order valence-electron chi connectivity index (χ0n) is 16.0. The molecule has 0 fully saturated rings. The van der Waals surface area contributed by atoms with Crippen LogP contribution in [0.4, 0.5) is 18.9 Å². The molecule has 2 heterocycles. The van der Waals surface area contributed by atoms with E-state index in [0.29, 0.717) is 11.8 Å². The van der Waals surface area contributed by atoms with Gasteiger partial charge in [0, 0.05) is 12.4 Å². The summed E-state index contributed by atoms with van der Waals surface area (Å²) in [5, 5.41) is 6.26. The van der Waals surface area contributed by atoms with Gasteiger partial charge in [-0.25, -0.2) is 18.9 Å². The molecule has 2 aromatic heterocycles. The molecule has 0 atom stereocenters. The summed E-state index contributed by atoms with van der Waals surface area (Å²) >= 11 is 5.89. The molecule has 8 nitrogen and oxygen atoms in total. The Labute approximate surface area is 182 Å². The van der Waals surface area contributed by atoms with Crippen molar-refractivity contribution in [2.75, 3.05) is 5.32 Å². The van der Waals surface area contributed by atoms with Crippen molar-refractivity contribution in [1.82, 2.24) is 19.2 Å². The fourth-order valence-electron chi connectivity index (χ4n) is 2.82. The first kappa shape index (κ1) is 21.4. The van der Waals surface area contributed by atoms with Crippen LogP contribution < -0.4 is 15.7 Å². The van der Waals surface area contributed by atoms with E-state index in [4.69, 9.17) is 16.3 Å². The molecule has 0 aliphatic rings. The number of para-hydroxylation sites is 1. The van der Waals surface area contributed by atoms with Gasteiger partial charge in [-0.2, -0.15) is 13.2 Å². The first-order chi connectivity index (χ1) is 15.2. The number of halogens is 4. The predicted octanol–water partition coefficient (Wildman–Crippen LogP) is 3.99. The smallest absolute Gasteiger partial charge is 0.416 e. The highest BCUT2D eigenvalue weighted by Crippen LogP contribution is 2.33. The zero-order valence-corrected chi connectivity index (χ0v) is 16.8. The number of ether oxygens (including phenoxy) is 1. The summed E-state index contributed by atoms with van der Waals surface area (Å²) in [7, 11) is 0. The van der Waals surface area contributed by atoms with E-state index in [9.17, 15) is 22.8 Å². The number of amides is 1. The topological polar surface area (TPSA) is 90.5 Å². The minimum atomic E-state index is -4.61. The number of fused-ring (bicyclic) bond motifs is 1. The highest BCUT2D eigenvalue weighted by Gasteiger charge is 2.31. The Morgan fingerprint density at radius 3 is 2.62 bits per heavy atom. The van der Waals surface area contributed by atoms with Crippen molar-refractivity contribution in [2.24, 2.45) is 0 Å². The third kappa shape index (κ3) is 4.42. The predicted molar refractivity (Wildman–Crippen MR) is 109 cm³/mol. The minimum absolute atomic E-state index is 0.0379. The van der Waals surface area contributed by atoms with E-state index in [2.05, 4.69) is 15.4 Å². The first-order valence-corrected chi connectivity index (χ1v) is 9.44. The molecule has 4 rings (SSSR count). The monoisotopic (exact) mass is 463 g/mol. The van der Waals surface area contributed by atoms with E-state index in [1.54, 1.807) is 30.3 Å². The van der Waals surface area contributed by atoms with Gasteiger partial charge in [-0.1, -0.05) is 29.8 Å². The number of rotatable bonds is 5. The van der Waals surface area contributed by atoms with E-state index in [1.165, 1.54) is 12.4 Å².